The van der Waals surface area contributed by atoms with Crippen molar-refractivity contribution in [3.05, 3.63) is 77.4 Å². The highest BCUT2D eigenvalue weighted by Crippen LogP contribution is 2.42. The van der Waals surface area contributed by atoms with E-state index in [-0.39, 0.29) is 29.6 Å². The fraction of sp³-hybridized carbons (Fsp3) is 0.387. The van der Waals surface area contributed by atoms with Crippen molar-refractivity contribution in [2.45, 2.75) is 32.3 Å². The number of fused-ring (bicyclic) bond motifs is 1. The average Bonchev–Trinajstić information content (AvgIpc) is 2.93. The molecule has 5 rings (SSSR count). The topological polar surface area (TPSA) is 71.5 Å². The molecule has 0 saturated carbocycles. The van der Waals surface area contributed by atoms with Crippen LogP contribution in [-0.2, 0) is 0 Å². The Balaban J connectivity index is 1.09. The number of hydrogen-bond donors (Lipinski definition) is 1. The van der Waals surface area contributed by atoms with Gasteiger partial charge in [0.1, 0.15) is 34.7 Å². The second kappa shape index (κ2) is 11.8. The van der Waals surface area contributed by atoms with E-state index in [1.54, 1.807) is 13.2 Å². The van der Waals surface area contributed by atoms with Crippen molar-refractivity contribution in [1.82, 2.24) is 4.90 Å². The Kier molecular flexibility index (Phi) is 8.03. The van der Waals surface area contributed by atoms with Crippen LogP contribution in [0.15, 0.2) is 60.7 Å². The molecule has 0 aromatic heterocycles. The van der Waals surface area contributed by atoms with Gasteiger partial charge in [-0.2, -0.15) is 0 Å². The molecule has 38 heavy (non-hydrogen) atoms. The highest BCUT2D eigenvalue weighted by Gasteiger charge is 2.31. The van der Waals surface area contributed by atoms with Gasteiger partial charge in [0.05, 0.1) is 25.8 Å². The number of methoxy groups -OCH3 is 1. The Morgan fingerprint density at radius 2 is 1.76 bits per heavy atom. The molecule has 200 valence electrons. The number of Topliss-reactive ketones (excluding diaryl/α,β-unsaturated/α-hetero) is 1. The van der Waals surface area contributed by atoms with E-state index in [1.165, 1.54) is 6.07 Å². The summed E-state index contributed by atoms with van der Waals surface area (Å²) in [6, 6.07) is 19.4. The van der Waals surface area contributed by atoms with Crippen LogP contribution in [0.5, 0.6) is 23.0 Å². The molecule has 1 N–H and O–H groups in total. The fourth-order valence-electron chi connectivity index (χ4n) is 5.20. The number of anilines is 1. The van der Waals surface area contributed by atoms with Gasteiger partial charge in [-0.25, -0.2) is 0 Å². The number of unbranched alkanes of at least 4 members (excludes halogenated alkanes) is 1. The van der Waals surface area contributed by atoms with Gasteiger partial charge >= 0.3 is 0 Å². The van der Waals surface area contributed by atoms with Gasteiger partial charge < -0.3 is 24.2 Å². The molecule has 1 unspecified atom stereocenters. The van der Waals surface area contributed by atoms with E-state index in [4.69, 9.17) is 14.2 Å². The molecule has 7 nitrogen and oxygen atoms in total. The van der Waals surface area contributed by atoms with Crippen molar-refractivity contribution in [1.29, 1.82) is 0 Å². The van der Waals surface area contributed by atoms with Gasteiger partial charge in [-0.3, -0.25) is 9.69 Å². The number of carbonyl (C=O) groups excluding carboxylic acids is 1. The van der Waals surface area contributed by atoms with Gasteiger partial charge in [-0.15, -0.1) is 0 Å². The molecule has 1 saturated heterocycles. The van der Waals surface area contributed by atoms with Crippen molar-refractivity contribution in [3.63, 3.8) is 0 Å². The zero-order chi connectivity index (χ0) is 26.5. The number of ether oxygens (including phenoxy) is 3. The molecule has 0 bridgehead atoms. The summed E-state index contributed by atoms with van der Waals surface area (Å²) in [5.74, 6) is 1.62. The summed E-state index contributed by atoms with van der Waals surface area (Å²) >= 11 is 0. The molecule has 7 heteroatoms. The van der Waals surface area contributed by atoms with Crippen LogP contribution in [0.2, 0.25) is 0 Å². The second-order valence-corrected chi connectivity index (χ2v) is 10.0. The van der Waals surface area contributed by atoms with E-state index < -0.39 is 0 Å². The maximum atomic E-state index is 12.8. The van der Waals surface area contributed by atoms with Crippen LogP contribution in [0.25, 0.3) is 0 Å². The second-order valence-electron chi connectivity index (χ2n) is 10.0. The molecular weight excluding hydrogens is 480 g/mol. The highest BCUT2D eigenvalue weighted by molar-refractivity contribution is 6.02. The van der Waals surface area contributed by atoms with E-state index in [0.717, 1.165) is 68.1 Å². The molecule has 2 aliphatic rings. The molecule has 2 aliphatic heterocycles. The molecule has 0 amide bonds. The Labute approximate surface area is 224 Å². The molecule has 2 heterocycles. The Morgan fingerprint density at radius 1 is 1.00 bits per heavy atom. The summed E-state index contributed by atoms with van der Waals surface area (Å²) in [5, 5.41) is 10.5. The molecule has 0 radical (unpaired) electrons. The van der Waals surface area contributed by atoms with Gasteiger partial charge in [0.15, 0.2) is 5.78 Å². The van der Waals surface area contributed by atoms with Gasteiger partial charge in [-0.1, -0.05) is 42.0 Å². The predicted molar refractivity (Wildman–Crippen MR) is 148 cm³/mol. The number of piperazine rings is 1. The van der Waals surface area contributed by atoms with Crippen LogP contribution in [0.3, 0.4) is 0 Å². The minimum Gasteiger partial charge on any atom is -0.507 e. The van der Waals surface area contributed by atoms with E-state index in [0.29, 0.717) is 18.1 Å². The van der Waals surface area contributed by atoms with Gasteiger partial charge in [0.25, 0.3) is 0 Å². The minimum absolute atomic E-state index is 0.0854. The third-order valence-corrected chi connectivity index (χ3v) is 7.36. The smallest absolute Gasteiger partial charge is 0.174 e. The first-order valence-electron chi connectivity index (χ1n) is 13.4. The van der Waals surface area contributed by atoms with Crippen molar-refractivity contribution in [3.8, 4) is 23.0 Å². The SMILES string of the molecule is COc1ccccc1N1CCN(CCCCOc2cc(O)c3c(c2)OC(c2ccc(C)cc2)CC3=O)CC1. The third kappa shape index (κ3) is 5.89. The predicted octanol–water partition coefficient (Wildman–Crippen LogP) is 5.40. The Bertz CT molecular complexity index is 1250. The van der Waals surface area contributed by atoms with Crippen molar-refractivity contribution < 1.29 is 24.1 Å². The van der Waals surface area contributed by atoms with Gasteiger partial charge in [0, 0.05) is 38.3 Å². The number of nitrogens with zero attached hydrogens (tertiary/aromatic N) is 2. The number of hydrogen-bond acceptors (Lipinski definition) is 7. The fourth-order valence-corrected chi connectivity index (χ4v) is 5.20. The average molecular weight is 517 g/mol. The maximum absolute atomic E-state index is 12.8. The largest absolute Gasteiger partial charge is 0.507 e. The first kappa shape index (κ1) is 25.9. The zero-order valence-corrected chi connectivity index (χ0v) is 22.2. The van der Waals surface area contributed by atoms with Crippen molar-refractivity contribution in [2.75, 3.05) is 51.3 Å². The number of phenolic OH excluding ortho intramolecular Hbond substituents is 1. The molecule has 1 atom stereocenters. The quantitative estimate of drug-likeness (QED) is 0.382. The summed E-state index contributed by atoms with van der Waals surface area (Å²) in [4.78, 5) is 17.6. The number of ketones is 1. The normalized spacial score (nSPS) is 17.6. The van der Waals surface area contributed by atoms with Crippen LogP contribution in [0.4, 0.5) is 5.69 Å². The lowest BCUT2D eigenvalue weighted by molar-refractivity contribution is 0.0844. The maximum Gasteiger partial charge on any atom is 0.174 e. The van der Waals surface area contributed by atoms with Crippen LogP contribution in [-0.4, -0.2) is 62.2 Å². The Hall–Kier alpha value is -3.71. The van der Waals surface area contributed by atoms with E-state index in [1.807, 2.05) is 43.3 Å². The monoisotopic (exact) mass is 516 g/mol. The standard InChI is InChI=1S/C31H36N2O5/c1-22-9-11-23(12-10-22)29-21-27(35)31-26(34)19-24(20-30(31)38-29)37-18-6-5-13-32-14-16-33(17-15-32)25-7-3-4-8-28(25)36-2/h3-4,7-12,19-20,29,34H,5-6,13-18,21H2,1-2H3. The minimum atomic E-state index is -0.367. The molecule has 3 aromatic rings. The molecular formula is C31H36N2O5. The summed E-state index contributed by atoms with van der Waals surface area (Å²) < 4.78 is 17.6. The first-order valence-corrected chi connectivity index (χ1v) is 13.4. The van der Waals surface area contributed by atoms with E-state index in [2.05, 4.69) is 21.9 Å². The number of carbonyl (C=O) groups is 1. The number of aromatic hydroxyl groups is 1. The number of phenols is 1. The number of para-hydroxylation sites is 2. The molecule has 0 spiro atoms. The van der Waals surface area contributed by atoms with Crippen LogP contribution in [0, 0.1) is 6.92 Å². The lowest BCUT2D eigenvalue weighted by atomic mass is 9.95. The zero-order valence-electron chi connectivity index (χ0n) is 22.2. The summed E-state index contributed by atoms with van der Waals surface area (Å²) in [6.45, 7) is 7.58. The van der Waals surface area contributed by atoms with E-state index >= 15 is 0 Å². The van der Waals surface area contributed by atoms with Crippen molar-refractivity contribution in [2.24, 2.45) is 0 Å². The van der Waals surface area contributed by atoms with E-state index in [9.17, 15) is 9.90 Å². The van der Waals surface area contributed by atoms with Gasteiger partial charge in [0.2, 0.25) is 0 Å². The number of aryl methyl sites for hydroxylation is 1. The van der Waals surface area contributed by atoms with Crippen molar-refractivity contribution >= 4 is 11.5 Å². The number of rotatable bonds is 9. The molecule has 1 fully saturated rings. The molecule has 0 aliphatic carbocycles. The summed E-state index contributed by atoms with van der Waals surface area (Å²) in [7, 11) is 1.72. The van der Waals surface area contributed by atoms with Crippen LogP contribution >= 0.6 is 0 Å². The molecule has 3 aromatic carbocycles. The lowest BCUT2D eigenvalue weighted by Crippen LogP contribution is -2.46. The summed E-state index contributed by atoms with van der Waals surface area (Å²) in [6.07, 6.45) is 1.76. The van der Waals surface area contributed by atoms with Crippen LogP contribution < -0.4 is 19.1 Å². The summed E-state index contributed by atoms with van der Waals surface area (Å²) in [5.41, 5.74) is 3.50. The first-order chi connectivity index (χ1) is 18.5. The lowest BCUT2D eigenvalue weighted by Gasteiger charge is -2.36. The highest BCUT2D eigenvalue weighted by atomic mass is 16.5. The van der Waals surface area contributed by atoms with Crippen LogP contribution in [0.1, 0.15) is 46.9 Å². The van der Waals surface area contributed by atoms with Gasteiger partial charge in [-0.05, 0) is 44.0 Å². The number of benzene rings is 3. The Morgan fingerprint density at radius 3 is 2.53 bits per heavy atom. The third-order valence-electron chi connectivity index (χ3n) is 7.36.